The molecule has 0 aromatic heterocycles. The van der Waals surface area contributed by atoms with E-state index in [1.807, 2.05) is 34.6 Å². The minimum Gasteiger partial charge on any atom is -0.480 e. The second-order valence-corrected chi connectivity index (χ2v) is 5.81. The van der Waals surface area contributed by atoms with E-state index in [1.165, 1.54) is 0 Å². The van der Waals surface area contributed by atoms with Gasteiger partial charge in [0.1, 0.15) is 5.54 Å². The lowest BCUT2D eigenvalue weighted by molar-refractivity contribution is -0.147. The van der Waals surface area contributed by atoms with E-state index in [0.29, 0.717) is 13.0 Å². The van der Waals surface area contributed by atoms with E-state index in [2.05, 4.69) is 5.32 Å². The van der Waals surface area contributed by atoms with Gasteiger partial charge in [-0.1, -0.05) is 6.92 Å². The number of hydrogen-bond acceptors (Lipinski definition) is 3. The third-order valence-electron chi connectivity index (χ3n) is 2.49. The lowest BCUT2D eigenvalue weighted by Crippen LogP contribution is -2.52. The molecule has 4 nitrogen and oxygen atoms in total. The zero-order valence-corrected chi connectivity index (χ0v) is 12.0. The summed E-state index contributed by atoms with van der Waals surface area (Å²) in [6.07, 6.45) is 1.28. The molecule has 0 aliphatic carbocycles. The van der Waals surface area contributed by atoms with Gasteiger partial charge >= 0.3 is 5.97 Å². The first kappa shape index (κ1) is 16.4. The Morgan fingerprint density at radius 3 is 2.24 bits per heavy atom. The van der Waals surface area contributed by atoms with Crippen LogP contribution in [0.25, 0.3) is 0 Å². The lowest BCUT2D eigenvalue weighted by atomic mass is 9.94. The van der Waals surface area contributed by atoms with Gasteiger partial charge in [0.2, 0.25) is 0 Å². The fourth-order valence-corrected chi connectivity index (χ4v) is 1.86. The minimum absolute atomic E-state index is 0.0968. The molecule has 0 saturated heterocycles. The second-order valence-electron chi connectivity index (χ2n) is 5.81. The molecule has 0 radical (unpaired) electrons. The maximum absolute atomic E-state index is 11.3. The summed E-state index contributed by atoms with van der Waals surface area (Å²) in [7, 11) is 0. The highest BCUT2D eigenvalue weighted by molar-refractivity contribution is 5.78. The fourth-order valence-electron chi connectivity index (χ4n) is 1.86. The molecule has 102 valence electrons. The van der Waals surface area contributed by atoms with Gasteiger partial charge in [0.15, 0.2) is 0 Å². The minimum atomic E-state index is -0.916. The smallest absolute Gasteiger partial charge is 0.323 e. The highest BCUT2D eigenvalue weighted by atomic mass is 16.5. The molecular weight excluding hydrogens is 218 g/mol. The summed E-state index contributed by atoms with van der Waals surface area (Å²) in [4.78, 5) is 11.3. The molecule has 0 spiro atoms. The molecule has 0 saturated carbocycles. The van der Waals surface area contributed by atoms with Gasteiger partial charge in [-0.3, -0.25) is 4.79 Å². The Hall–Kier alpha value is -0.610. The molecule has 4 heteroatoms. The van der Waals surface area contributed by atoms with E-state index in [0.717, 1.165) is 6.42 Å². The van der Waals surface area contributed by atoms with Crippen molar-refractivity contribution in [2.24, 2.45) is 0 Å². The second kappa shape index (κ2) is 6.36. The van der Waals surface area contributed by atoms with Crippen LogP contribution in [0.4, 0.5) is 0 Å². The first-order valence-electron chi connectivity index (χ1n) is 6.27. The van der Waals surface area contributed by atoms with Crippen LogP contribution >= 0.6 is 0 Å². The van der Waals surface area contributed by atoms with E-state index >= 15 is 0 Å². The highest BCUT2D eigenvalue weighted by Crippen LogP contribution is 2.19. The van der Waals surface area contributed by atoms with Crippen molar-refractivity contribution in [3.63, 3.8) is 0 Å². The quantitative estimate of drug-likeness (QED) is 0.723. The Bertz CT molecular complexity index is 248. The largest absolute Gasteiger partial charge is 0.480 e. The Labute approximate surface area is 105 Å². The van der Waals surface area contributed by atoms with Crippen molar-refractivity contribution in [1.29, 1.82) is 0 Å². The van der Waals surface area contributed by atoms with Crippen LogP contribution in [-0.4, -0.2) is 34.9 Å². The summed E-state index contributed by atoms with van der Waals surface area (Å²) < 4.78 is 5.76. The normalized spacial score (nSPS) is 17.5. The number of carbonyl (C=O) groups is 1. The number of carboxylic acid groups (broad SMARTS) is 1. The van der Waals surface area contributed by atoms with Crippen LogP contribution in [0.5, 0.6) is 0 Å². The van der Waals surface area contributed by atoms with Crippen molar-refractivity contribution >= 4 is 5.97 Å². The maximum atomic E-state index is 11.3. The summed E-state index contributed by atoms with van der Waals surface area (Å²) in [6, 6.07) is 0. The van der Waals surface area contributed by atoms with Crippen LogP contribution in [0.15, 0.2) is 0 Å². The summed E-state index contributed by atoms with van der Waals surface area (Å²) in [5.41, 5.74) is -1.16. The van der Waals surface area contributed by atoms with E-state index in [4.69, 9.17) is 4.74 Å². The van der Waals surface area contributed by atoms with Gasteiger partial charge in [-0.2, -0.15) is 0 Å². The van der Waals surface area contributed by atoms with Crippen molar-refractivity contribution in [1.82, 2.24) is 5.32 Å². The molecule has 0 rings (SSSR count). The third-order valence-corrected chi connectivity index (χ3v) is 2.49. The van der Waals surface area contributed by atoms with Crippen LogP contribution in [0.3, 0.4) is 0 Å². The van der Waals surface area contributed by atoms with Crippen molar-refractivity contribution in [2.45, 2.75) is 71.6 Å². The van der Waals surface area contributed by atoms with Crippen LogP contribution < -0.4 is 5.32 Å². The predicted molar refractivity (Wildman–Crippen MR) is 69.3 cm³/mol. The average Bonchev–Trinajstić information content (AvgIpc) is 2.11. The monoisotopic (exact) mass is 245 g/mol. The molecule has 0 aliphatic rings. The first-order valence-corrected chi connectivity index (χ1v) is 6.27. The fraction of sp³-hybridized carbons (Fsp3) is 0.923. The zero-order valence-electron chi connectivity index (χ0n) is 12.0. The van der Waals surface area contributed by atoms with Gasteiger partial charge in [0.25, 0.3) is 0 Å². The molecule has 2 atom stereocenters. The molecule has 17 heavy (non-hydrogen) atoms. The third kappa shape index (κ3) is 6.64. The molecule has 2 N–H and O–H groups in total. The molecule has 0 fully saturated rings. The van der Waals surface area contributed by atoms with Crippen LogP contribution in [0, 0.1) is 0 Å². The van der Waals surface area contributed by atoms with Gasteiger partial charge < -0.3 is 15.2 Å². The highest BCUT2D eigenvalue weighted by Gasteiger charge is 2.35. The molecular formula is C13H27NO3. The van der Waals surface area contributed by atoms with Crippen LogP contribution in [0.2, 0.25) is 0 Å². The lowest BCUT2D eigenvalue weighted by Gasteiger charge is -2.32. The molecule has 0 aromatic carbocycles. The summed E-state index contributed by atoms with van der Waals surface area (Å²) >= 11 is 0. The molecule has 0 bridgehead atoms. The van der Waals surface area contributed by atoms with Gasteiger partial charge in [0.05, 0.1) is 11.7 Å². The van der Waals surface area contributed by atoms with Crippen LogP contribution in [0.1, 0.15) is 54.4 Å². The Balaban J connectivity index is 4.49. The molecule has 0 heterocycles. The van der Waals surface area contributed by atoms with E-state index in [1.54, 1.807) is 6.92 Å². The van der Waals surface area contributed by atoms with Crippen molar-refractivity contribution in [3.05, 3.63) is 0 Å². The topological polar surface area (TPSA) is 58.6 Å². The number of aliphatic carboxylic acids is 1. The Kier molecular flexibility index (Phi) is 6.13. The first-order chi connectivity index (χ1) is 7.60. The Morgan fingerprint density at radius 2 is 1.88 bits per heavy atom. The van der Waals surface area contributed by atoms with Crippen molar-refractivity contribution in [2.75, 3.05) is 6.54 Å². The van der Waals surface area contributed by atoms with Gasteiger partial charge in [0, 0.05) is 6.42 Å². The maximum Gasteiger partial charge on any atom is 0.323 e. The molecule has 2 unspecified atom stereocenters. The van der Waals surface area contributed by atoms with Gasteiger partial charge in [-0.15, -0.1) is 0 Å². The van der Waals surface area contributed by atoms with E-state index in [9.17, 15) is 9.90 Å². The van der Waals surface area contributed by atoms with Crippen molar-refractivity contribution < 1.29 is 14.6 Å². The average molecular weight is 245 g/mol. The molecule has 0 amide bonds. The van der Waals surface area contributed by atoms with Crippen molar-refractivity contribution in [3.8, 4) is 0 Å². The zero-order chi connectivity index (χ0) is 13.7. The number of carboxylic acids is 1. The standard InChI is InChI=1S/C13H27NO3/c1-7-8-14-13(6,11(15)16)9-10(2)17-12(3,4)5/h10,14H,7-9H2,1-6H3,(H,15,16). The number of hydrogen-bond donors (Lipinski definition) is 2. The van der Waals surface area contributed by atoms with Crippen LogP contribution in [-0.2, 0) is 9.53 Å². The molecule has 0 aliphatic heterocycles. The number of ether oxygens (including phenoxy) is 1. The SMILES string of the molecule is CCCNC(C)(CC(C)OC(C)(C)C)C(=O)O. The van der Waals surface area contributed by atoms with Gasteiger partial charge in [-0.25, -0.2) is 0 Å². The van der Waals surface area contributed by atoms with Gasteiger partial charge in [-0.05, 0) is 47.6 Å². The predicted octanol–water partition coefficient (Wildman–Crippen LogP) is 2.42. The summed E-state index contributed by atoms with van der Waals surface area (Å²) in [6.45, 7) is 12.3. The van der Waals surface area contributed by atoms with E-state index < -0.39 is 11.5 Å². The Morgan fingerprint density at radius 1 is 1.35 bits per heavy atom. The summed E-state index contributed by atoms with van der Waals surface area (Å²) in [5.74, 6) is -0.824. The molecule has 0 aromatic rings. The van der Waals surface area contributed by atoms with E-state index in [-0.39, 0.29) is 11.7 Å². The number of rotatable bonds is 7. The number of nitrogens with one attached hydrogen (secondary N) is 1. The summed E-state index contributed by atoms with van der Waals surface area (Å²) in [5, 5.41) is 12.4.